The van der Waals surface area contributed by atoms with Gasteiger partial charge in [0.15, 0.2) is 0 Å². The summed E-state index contributed by atoms with van der Waals surface area (Å²) in [4.78, 5) is 24.6. The molecule has 0 aromatic rings. The summed E-state index contributed by atoms with van der Waals surface area (Å²) in [6.07, 6.45) is 4.48. The quantitative estimate of drug-likeness (QED) is 0.800. The maximum absolute atomic E-state index is 12.0. The summed E-state index contributed by atoms with van der Waals surface area (Å²) >= 11 is 0. The number of carboxylic acid groups (broad SMARTS) is 1. The minimum absolute atomic E-state index is 0.172. The van der Waals surface area contributed by atoms with Gasteiger partial charge in [-0.05, 0) is 32.1 Å². The van der Waals surface area contributed by atoms with E-state index in [1.807, 2.05) is 0 Å². The summed E-state index contributed by atoms with van der Waals surface area (Å²) in [5, 5.41) is 11.9. The number of carboxylic acids is 1. The molecule has 1 saturated heterocycles. The van der Waals surface area contributed by atoms with Gasteiger partial charge in [-0.1, -0.05) is 0 Å². The minimum Gasteiger partial charge on any atom is -0.481 e. The maximum atomic E-state index is 12.0. The van der Waals surface area contributed by atoms with Crippen LogP contribution in [0.2, 0.25) is 0 Å². The van der Waals surface area contributed by atoms with E-state index in [0.717, 1.165) is 25.7 Å². The van der Waals surface area contributed by atoms with Crippen LogP contribution in [0.25, 0.3) is 0 Å². The second-order valence-corrected chi connectivity index (χ2v) is 5.52. The third-order valence-corrected chi connectivity index (χ3v) is 4.32. The summed E-state index contributed by atoms with van der Waals surface area (Å²) in [5.41, 5.74) is -0.197. The van der Waals surface area contributed by atoms with Gasteiger partial charge in [0.2, 0.25) is 0 Å². The van der Waals surface area contributed by atoms with Crippen molar-refractivity contribution < 1.29 is 19.4 Å². The Hall–Kier alpha value is -1.30. The van der Waals surface area contributed by atoms with Gasteiger partial charge < -0.3 is 20.1 Å². The molecule has 2 amide bonds. The van der Waals surface area contributed by atoms with Crippen molar-refractivity contribution in [3.63, 3.8) is 0 Å². The number of methoxy groups -OCH3 is 1. The number of hydrogen-bond acceptors (Lipinski definition) is 3. The minimum atomic E-state index is -0.815. The van der Waals surface area contributed by atoms with Gasteiger partial charge in [-0.2, -0.15) is 0 Å². The normalized spacial score (nSPS) is 25.5. The van der Waals surface area contributed by atoms with E-state index in [4.69, 9.17) is 9.84 Å². The Morgan fingerprint density at radius 3 is 2.68 bits per heavy atom. The number of amides is 2. The predicted molar refractivity (Wildman–Crippen MR) is 68.9 cm³/mol. The molecule has 0 aromatic carbocycles. The van der Waals surface area contributed by atoms with E-state index >= 15 is 0 Å². The van der Waals surface area contributed by atoms with Crippen LogP contribution in [0.5, 0.6) is 0 Å². The average molecular weight is 270 g/mol. The first-order valence-corrected chi connectivity index (χ1v) is 6.87. The van der Waals surface area contributed by atoms with E-state index < -0.39 is 11.9 Å². The van der Waals surface area contributed by atoms with Gasteiger partial charge in [-0.3, -0.25) is 4.79 Å². The highest BCUT2D eigenvalue weighted by molar-refractivity contribution is 5.76. The highest BCUT2D eigenvalue weighted by atomic mass is 16.5. The SMILES string of the molecule is COC1(CNC(=O)N2CCC[C@H](C(=O)O)C2)CCC1. The summed E-state index contributed by atoms with van der Waals surface area (Å²) < 4.78 is 5.44. The molecule has 1 saturated carbocycles. The van der Waals surface area contributed by atoms with Crippen LogP contribution in [0, 0.1) is 5.92 Å². The van der Waals surface area contributed by atoms with Crippen molar-refractivity contribution in [1.82, 2.24) is 10.2 Å². The smallest absolute Gasteiger partial charge is 0.317 e. The van der Waals surface area contributed by atoms with Gasteiger partial charge in [0.1, 0.15) is 0 Å². The standard InChI is InChI=1S/C13H22N2O4/c1-19-13(5-3-6-13)9-14-12(18)15-7-2-4-10(8-15)11(16)17/h10H,2-9H2,1H3,(H,14,18)(H,16,17)/t10-/m0/s1. The lowest BCUT2D eigenvalue weighted by molar-refractivity contribution is -0.143. The number of likely N-dealkylation sites (tertiary alicyclic amines) is 1. The predicted octanol–water partition coefficient (Wildman–Crippen LogP) is 1.06. The van der Waals surface area contributed by atoms with E-state index in [0.29, 0.717) is 26.1 Å². The van der Waals surface area contributed by atoms with Crippen molar-refractivity contribution in [2.45, 2.75) is 37.7 Å². The first kappa shape index (κ1) is 14.1. The molecule has 2 aliphatic rings. The van der Waals surface area contributed by atoms with Crippen molar-refractivity contribution in [3.05, 3.63) is 0 Å². The summed E-state index contributed by atoms with van der Waals surface area (Å²) in [7, 11) is 1.67. The topological polar surface area (TPSA) is 78.9 Å². The van der Waals surface area contributed by atoms with Crippen LogP contribution in [-0.2, 0) is 9.53 Å². The van der Waals surface area contributed by atoms with Crippen LogP contribution in [-0.4, -0.2) is 54.4 Å². The molecule has 0 unspecified atom stereocenters. The van der Waals surface area contributed by atoms with E-state index in [1.54, 1.807) is 12.0 Å². The lowest BCUT2D eigenvalue weighted by atomic mass is 9.80. The fourth-order valence-electron chi connectivity index (χ4n) is 2.74. The first-order chi connectivity index (χ1) is 9.06. The number of carbonyl (C=O) groups excluding carboxylic acids is 1. The number of urea groups is 1. The molecule has 1 aliphatic carbocycles. The van der Waals surface area contributed by atoms with E-state index in [2.05, 4.69) is 5.32 Å². The number of hydrogen-bond donors (Lipinski definition) is 2. The van der Waals surface area contributed by atoms with Gasteiger partial charge in [0.05, 0.1) is 11.5 Å². The van der Waals surface area contributed by atoms with Crippen molar-refractivity contribution >= 4 is 12.0 Å². The number of carbonyl (C=O) groups is 2. The Morgan fingerprint density at radius 2 is 2.16 bits per heavy atom. The summed E-state index contributed by atoms with van der Waals surface area (Å²) in [6, 6.07) is -0.172. The number of nitrogens with zero attached hydrogens (tertiary/aromatic N) is 1. The molecule has 19 heavy (non-hydrogen) atoms. The van der Waals surface area contributed by atoms with Gasteiger partial charge in [-0.25, -0.2) is 4.79 Å². The summed E-state index contributed by atoms with van der Waals surface area (Å²) in [5.74, 6) is -1.25. The highest BCUT2D eigenvalue weighted by Crippen LogP contribution is 2.34. The molecule has 6 heteroatoms. The second-order valence-electron chi connectivity index (χ2n) is 5.52. The number of rotatable bonds is 4. The van der Waals surface area contributed by atoms with E-state index in [-0.39, 0.29) is 11.6 Å². The Balaban J connectivity index is 1.81. The Labute approximate surface area is 113 Å². The Bertz CT molecular complexity index is 349. The number of ether oxygens (including phenoxy) is 1. The average Bonchev–Trinajstić information content (AvgIpc) is 2.38. The molecular formula is C13H22N2O4. The number of aliphatic carboxylic acids is 1. The Kier molecular flexibility index (Phi) is 4.29. The van der Waals surface area contributed by atoms with Crippen LogP contribution >= 0.6 is 0 Å². The molecule has 1 aliphatic heterocycles. The first-order valence-electron chi connectivity index (χ1n) is 6.87. The van der Waals surface area contributed by atoms with E-state index in [9.17, 15) is 9.59 Å². The van der Waals surface area contributed by atoms with Crippen molar-refractivity contribution in [1.29, 1.82) is 0 Å². The van der Waals surface area contributed by atoms with Crippen molar-refractivity contribution in [2.24, 2.45) is 5.92 Å². The fraction of sp³-hybridized carbons (Fsp3) is 0.846. The lowest BCUT2D eigenvalue weighted by Gasteiger charge is -2.41. The van der Waals surface area contributed by atoms with Gasteiger partial charge >= 0.3 is 12.0 Å². The van der Waals surface area contributed by atoms with Crippen LogP contribution in [0.15, 0.2) is 0 Å². The largest absolute Gasteiger partial charge is 0.481 e. The molecule has 108 valence electrons. The maximum Gasteiger partial charge on any atom is 0.317 e. The molecule has 1 heterocycles. The summed E-state index contributed by atoms with van der Waals surface area (Å²) in [6.45, 7) is 1.45. The van der Waals surface area contributed by atoms with Crippen molar-refractivity contribution in [2.75, 3.05) is 26.7 Å². The Morgan fingerprint density at radius 1 is 1.42 bits per heavy atom. The monoisotopic (exact) mass is 270 g/mol. The molecule has 0 spiro atoms. The van der Waals surface area contributed by atoms with Crippen LogP contribution < -0.4 is 5.32 Å². The third-order valence-electron chi connectivity index (χ3n) is 4.32. The second kappa shape index (κ2) is 5.77. The molecule has 2 rings (SSSR count). The molecule has 6 nitrogen and oxygen atoms in total. The number of nitrogens with one attached hydrogen (secondary N) is 1. The van der Waals surface area contributed by atoms with Crippen LogP contribution in [0.4, 0.5) is 4.79 Å². The van der Waals surface area contributed by atoms with Gasteiger partial charge in [0.25, 0.3) is 0 Å². The zero-order chi connectivity index (χ0) is 13.9. The zero-order valence-electron chi connectivity index (χ0n) is 11.4. The van der Waals surface area contributed by atoms with E-state index in [1.165, 1.54) is 0 Å². The third kappa shape index (κ3) is 3.18. The van der Waals surface area contributed by atoms with Crippen LogP contribution in [0.3, 0.4) is 0 Å². The molecule has 2 N–H and O–H groups in total. The molecule has 1 atom stereocenters. The fourth-order valence-corrected chi connectivity index (χ4v) is 2.74. The van der Waals surface area contributed by atoms with Crippen LogP contribution in [0.1, 0.15) is 32.1 Å². The zero-order valence-corrected chi connectivity index (χ0v) is 11.4. The molecule has 0 bridgehead atoms. The van der Waals surface area contributed by atoms with Gasteiger partial charge in [-0.15, -0.1) is 0 Å². The number of piperidine rings is 1. The highest BCUT2D eigenvalue weighted by Gasteiger charge is 2.38. The molecule has 2 fully saturated rings. The molecule has 0 aromatic heterocycles. The molecule has 0 radical (unpaired) electrons. The van der Waals surface area contributed by atoms with Crippen molar-refractivity contribution in [3.8, 4) is 0 Å². The lowest BCUT2D eigenvalue weighted by Crippen LogP contribution is -2.53. The van der Waals surface area contributed by atoms with Gasteiger partial charge in [0, 0.05) is 26.7 Å². The molecular weight excluding hydrogens is 248 g/mol.